The second-order valence-electron chi connectivity index (χ2n) is 4.85. The van der Waals surface area contributed by atoms with Crippen molar-refractivity contribution < 1.29 is 4.74 Å². The molecule has 20 heavy (non-hydrogen) atoms. The van der Waals surface area contributed by atoms with Crippen LogP contribution in [0, 0.1) is 0 Å². The van der Waals surface area contributed by atoms with Crippen molar-refractivity contribution in [1.29, 1.82) is 0 Å². The van der Waals surface area contributed by atoms with Gasteiger partial charge in [0.05, 0.1) is 0 Å². The molecule has 0 unspecified atom stereocenters. The molecule has 0 spiro atoms. The molecule has 0 atom stereocenters. The van der Waals surface area contributed by atoms with E-state index in [9.17, 15) is 0 Å². The van der Waals surface area contributed by atoms with Crippen LogP contribution in [-0.4, -0.2) is 17.0 Å². The first kappa shape index (κ1) is 13.2. The van der Waals surface area contributed by atoms with Gasteiger partial charge >= 0.3 is 0 Å². The molecule has 5 heteroatoms. The van der Waals surface area contributed by atoms with E-state index in [0.717, 1.165) is 30.0 Å². The Morgan fingerprint density at radius 2 is 2.10 bits per heavy atom. The molecule has 0 saturated heterocycles. The predicted octanol–water partition coefficient (Wildman–Crippen LogP) is 3.63. The second-order valence-corrected chi connectivity index (χ2v) is 5.26. The molecule has 0 aliphatic heterocycles. The van der Waals surface area contributed by atoms with Crippen LogP contribution in [-0.2, 0) is 6.61 Å². The van der Waals surface area contributed by atoms with Crippen LogP contribution in [0.3, 0.4) is 0 Å². The van der Waals surface area contributed by atoms with E-state index in [2.05, 4.69) is 15.3 Å². The minimum absolute atomic E-state index is 0.407. The standard InChI is InChI=1S/C15H16ClN3O/c1-17-13-8-14(19-15(18-13)10-6-7-10)20-9-11-4-2-3-5-12(11)16/h2-5,8,10H,6-7,9H2,1H3,(H,17,18,19). The van der Waals surface area contributed by atoms with Crippen LogP contribution in [0.2, 0.25) is 5.02 Å². The summed E-state index contributed by atoms with van der Waals surface area (Å²) in [7, 11) is 1.84. The van der Waals surface area contributed by atoms with Crippen molar-refractivity contribution in [3.8, 4) is 5.88 Å². The van der Waals surface area contributed by atoms with Crippen molar-refractivity contribution in [3.63, 3.8) is 0 Å². The van der Waals surface area contributed by atoms with Gasteiger partial charge in [0.25, 0.3) is 0 Å². The average Bonchev–Trinajstić information content (AvgIpc) is 3.31. The molecule has 1 N–H and O–H groups in total. The van der Waals surface area contributed by atoms with Gasteiger partial charge < -0.3 is 10.1 Å². The van der Waals surface area contributed by atoms with Crippen molar-refractivity contribution in [3.05, 3.63) is 46.7 Å². The van der Waals surface area contributed by atoms with Gasteiger partial charge in [-0.05, 0) is 18.9 Å². The van der Waals surface area contributed by atoms with Gasteiger partial charge in [0, 0.05) is 29.6 Å². The molecule has 104 valence electrons. The van der Waals surface area contributed by atoms with Crippen LogP contribution < -0.4 is 10.1 Å². The lowest BCUT2D eigenvalue weighted by Gasteiger charge is -2.10. The highest BCUT2D eigenvalue weighted by molar-refractivity contribution is 6.31. The van der Waals surface area contributed by atoms with Gasteiger partial charge in [-0.25, -0.2) is 4.98 Å². The van der Waals surface area contributed by atoms with E-state index >= 15 is 0 Å². The maximum Gasteiger partial charge on any atom is 0.219 e. The minimum atomic E-state index is 0.407. The van der Waals surface area contributed by atoms with Gasteiger partial charge in [-0.15, -0.1) is 0 Å². The number of nitrogens with one attached hydrogen (secondary N) is 1. The number of rotatable bonds is 5. The number of hydrogen-bond acceptors (Lipinski definition) is 4. The molecule has 1 fully saturated rings. The molecule has 0 radical (unpaired) electrons. The number of halogens is 1. The zero-order chi connectivity index (χ0) is 13.9. The number of benzene rings is 1. The van der Waals surface area contributed by atoms with Crippen molar-refractivity contribution in [1.82, 2.24) is 9.97 Å². The second kappa shape index (κ2) is 5.67. The van der Waals surface area contributed by atoms with Gasteiger partial charge in [0.1, 0.15) is 18.2 Å². The summed E-state index contributed by atoms with van der Waals surface area (Å²) in [5.74, 6) is 2.74. The highest BCUT2D eigenvalue weighted by Crippen LogP contribution is 2.39. The largest absolute Gasteiger partial charge is 0.473 e. The van der Waals surface area contributed by atoms with E-state index < -0.39 is 0 Å². The SMILES string of the molecule is CNc1cc(OCc2ccccc2Cl)nc(C2CC2)n1. The van der Waals surface area contributed by atoms with Crippen LogP contribution in [0.25, 0.3) is 0 Å². The lowest BCUT2D eigenvalue weighted by atomic mass is 10.2. The fraction of sp³-hybridized carbons (Fsp3) is 0.333. The molecule has 2 aromatic rings. The summed E-state index contributed by atoms with van der Waals surface area (Å²) in [6, 6.07) is 9.46. The van der Waals surface area contributed by atoms with Crippen LogP contribution >= 0.6 is 11.6 Å². The Morgan fingerprint density at radius 1 is 1.30 bits per heavy atom. The quantitative estimate of drug-likeness (QED) is 0.913. The lowest BCUT2D eigenvalue weighted by Crippen LogP contribution is -2.04. The summed E-state index contributed by atoms with van der Waals surface area (Å²) in [6.45, 7) is 0.407. The normalized spacial score (nSPS) is 14.1. The maximum atomic E-state index is 6.12. The summed E-state index contributed by atoms with van der Waals surface area (Å²) in [4.78, 5) is 8.93. The summed E-state index contributed by atoms with van der Waals surface area (Å²) in [5.41, 5.74) is 0.951. The smallest absolute Gasteiger partial charge is 0.219 e. The van der Waals surface area contributed by atoms with Gasteiger partial charge in [-0.2, -0.15) is 4.98 Å². The number of nitrogens with zero attached hydrogens (tertiary/aromatic N) is 2. The molecule has 1 saturated carbocycles. The van der Waals surface area contributed by atoms with E-state index in [1.54, 1.807) is 0 Å². The van der Waals surface area contributed by atoms with Gasteiger partial charge in [0.15, 0.2) is 0 Å². The first-order chi connectivity index (χ1) is 9.76. The van der Waals surface area contributed by atoms with Crippen molar-refractivity contribution >= 4 is 17.4 Å². The predicted molar refractivity (Wildman–Crippen MR) is 79.3 cm³/mol. The maximum absolute atomic E-state index is 6.12. The molecule has 1 aromatic heterocycles. The van der Waals surface area contributed by atoms with Gasteiger partial charge in [0.2, 0.25) is 5.88 Å². The fourth-order valence-corrected chi connectivity index (χ4v) is 2.13. The molecule has 1 aliphatic rings. The minimum Gasteiger partial charge on any atom is -0.473 e. The lowest BCUT2D eigenvalue weighted by molar-refractivity contribution is 0.292. The molecule has 1 aromatic carbocycles. The summed E-state index contributed by atoms with van der Waals surface area (Å²) < 4.78 is 5.76. The third-order valence-corrected chi connectivity index (χ3v) is 3.62. The summed E-state index contributed by atoms with van der Waals surface area (Å²) >= 11 is 6.12. The zero-order valence-electron chi connectivity index (χ0n) is 11.3. The summed E-state index contributed by atoms with van der Waals surface area (Å²) in [6.07, 6.45) is 2.33. The van der Waals surface area contributed by atoms with Crippen molar-refractivity contribution in [2.45, 2.75) is 25.4 Å². The molecular formula is C15H16ClN3O. The zero-order valence-corrected chi connectivity index (χ0v) is 12.0. The fourth-order valence-electron chi connectivity index (χ4n) is 1.94. The van der Waals surface area contributed by atoms with E-state index in [0.29, 0.717) is 23.4 Å². The first-order valence-corrected chi connectivity index (χ1v) is 7.07. The number of hydrogen-bond donors (Lipinski definition) is 1. The van der Waals surface area contributed by atoms with Crippen LogP contribution in [0.1, 0.15) is 30.1 Å². The Labute approximate surface area is 123 Å². The van der Waals surface area contributed by atoms with Crippen molar-refractivity contribution in [2.75, 3.05) is 12.4 Å². The Bertz CT molecular complexity index is 614. The molecule has 0 amide bonds. The Morgan fingerprint density at radius 3 is 2.80 bits per heavy atom. The Balaban J connectivity index is 1.76. The molecule has 4 nitrogen and oxygen atoms in total. The van der Waals surface area contributed by atoms with Crippen LogP contribution in [0.4, 0.5) is 5.82 Å². The Kier molecular flexibility index (Phi) is 3.74. The molecule has 0 bridgehead atoms. The highest BCUT2D eigenvalue weighted by atomic mass is 35.5. The highest BCUT2D eigenvalue weighted by Gasteiger charge is 2.27. The topological polar surface area (TPSA) is 47.0 Å². The number of aromatic nitrogens is 2. The van der Waals surface area contributed by atoms with Crippen molar-refractivity contribution in [2.24, 2.45) is 0 Å². The number of ether oxygens (including phenoxy) is 1. The van der Waals surface area contributed by atoms with E-state index in [-0.39, 0.29) is 0 Å². The molecular weight excluding hydrogens is 274 g/mol. The third kappa shape index (κ3) is 3.02. The van der Waals surface area contributed by atoms with E-state index in [1.807, 2.05) is 37.4 Å². The first-order valence-electron chi connectivity index (χ1n) is 6.69. The number of anilines is 1. The van der Waals surface area contributed by atoms with Gasteiger partial charge in [-0.1, -0.05) is 29.8 Å². The Hall–Kier alpha value is -1.81. The molecule has 1 aliphatic carbocycles. The van der Waals surface area contributed by atoms with E-state index in [4.69, 9.17) is 16.3 Å². The molecule has 3 rings (SSSR count). The van der Waals surface area contributed by atoms with E-state index in [1.165, 1.54) is 0 Å². The average molecular weight is 290 g/mol. The molecule has 1 heterocycles. The summed E-state index contributed by atoms with van der Waals surface area (Å²) in [5, 5.41) is 3.75. The van der Waals surface area contributed by atoms with Gasteiger partial charge in [-0.3, -0.25) is 0 Å². The van der Waals surface area contributed by atoms with Crippen LogP contribution in [0.5, 0.6) is 5.88 Å². The van der Waals surface area contributed by atoms with Crippen LogP contribution in [0.15, 0.2) is 30.3 Å². The third-order valence-electron chi connectivity index (χ3n) is 3.25. The monoisotopic (exact) mass is 289 g/mol.